The van der Waals surface area contributed by atoms with Crippen LogP contribution < -0.4 is 0 Å². The molecule has 1 aliphatic rings. The van der Waals surface area contributed by atoms with E-state index in [0.29, 0.717) is 5.92 Å². The maximum Gasteiger partial charge on any atom is 0.125 e. The van der Waals surface area contributed by atoms with Crippen LogP contribution in [0.4, 0.5) is 0 Å². The third kappa shape index (κ3) is 2.19. The van der Waals surface area contributed by atoms with E-state index in [-0.39, 0.29) is 5.92 Å². The van der Waals surface area contributed by atoms with Gasteiger partial charge in [0.05, 0.1) is 0 Å². The van der Waals surface area contributed by atoms with E-state index >= 15 is 0 Å². The first kappa shape index (κ1) is 10.6. The van der Waals surface area contributed by atoms with Gasteiger partial charge in [-0.1, -0.05) is 6.08 Å². The van der Waals surface area contributed by atoms with Crippen LogP contribution in [0.15, 0.2) is 29.5 Å². The summed E-state index contributed by atoms with van der Waals surface area (Å²) in [4.78, 5) is 13.3. The number of carbonyl (C=O) groups is 1. The quantitative estimate of drug-likeness (QED) is 0.573. The molecule has 0 spiro atoms. The van der Waals surface area contributed by atoms with Crippen molar-refractivity contribution in [3.05, 3.63) is 35.0 Å². The van der Waals surface area contributed by atoms with Gasteiger partial charge in [-0.2, -0.15) is 11.3 Å². The molecule has 2 nitrogen and oxygen atoms in total. The Bertz CT molecular complexity index is 333. The molecule has 0 amide bonds. The van der Waals surface area contributed by atoms with Gasteiger partial charge in [0.25, 0.3) is 0 Å². The zero-order valence-corrected chi connectivity index (χ0v) is 9.45. The molecule has 1 fully saturated rings. The fraction of sp³-hybridized carbons (Fsp3) is 0.417. The summed E-state index contributed by atoms with van der Waals surface area (Å²) in [7, 11) is 0. The first-order chi connectivity index (χ1) is 7.35. The fourth-order valence-electron chi connectivity index (χ4n) is 2.22. The van der Waals surface area contributed by atoms with Gasteiger partial charge >= 0.3 is 0 Å². The number of nitrogens with zero attached hydrogens (tertiary/aromatic N) is 1. The average Bonchev–Trinajstić information content (AvgIpc) is 2.84. The molecule has 2 atom stereocenters. The van der Waals surface area contributed by atoms with Crippen molar-refractivity contribution >= 4 is 17.6 Å². The summed E-state index contributed by atoms with van der Waals surface area (Å²) in [6, 6.07) is 2.13. The Kier molecular flexibility index (Phi) is 3.34. The van der Waals surface area contributed by atoms with Crippen LogP contribution in [0.3, 0.4) is 0 Å². The largest absolute Gasteiger partial charge is 0.303 e. The lowest BCUT2D eigenvalue weighted by Crippen LogP contribution is -2.20. The van der Waals surface area contributed by atoms with E-state index in [1.54, 1.807) is 11.3 Å². The highest BCUT2D eigenvalue weighted by Gasteiger charge is 2.32. The maximum absolute atomic E-state index is 11.0. The van der Waals surface area contributed by atoms with Crippen molar-refractivity contribution in [1.29, 1.82) is 0 Å². The predicted molar refractivity (Wildman–Crippen MR) is 63.3 cm³/mol. The molecule has 1 saturated heterocycles. The molecule has 0 bridgehead atoms. The van der Waals surface area contributed by atoms with E-state index < -0.39 is 0 Å². The lowest BCUT2D eigenvalue weighted by molar-refractivity contribution is -0.111. The van der Waals surface area contributed by atoms with Gasteiger partial charge in [-0.25, -0.2) is 0 Å². The highest BCUT2D eigenvalue weighted by Crippen LogP contribution is 2.32. The Balaban J connectivity index is 2.11. The second-order valence-electron chi connectivity index (χ2n) is 3.97. The second-order valence-corrected chi connectivity index (χ2v) is 4.75. The van der Waals surface area contributed by atoms with E-state index in [0.717, 1.165) is 25.9 Å². The number of hydrogen-bond acceptors (Lipinski definition) is 3. The molecule has 0 aliphatic carbocycles. The molecule has 0 unspecified atom stereocenters. The molecule has 1 aromatic rings. The van der Waals surface area contributed by atoms with Gasteiger partial charge in [0, 0.05) is 31.5 Å². The van der Waals surface area contributed by atoms with Crippen LogP contribution >= 0.6 is 11.3 Å². The smallest absolute Gasteiger partial charge is 0.125 e. The lowest BCUT2D eigenvalue weighted by atomic mass is 9.92. The van der Waals surface area contributed by atoms with Crippen LogP contribution in [0.2, 0.25) is 0 Å². The average molecular weight is 221 g/mol. The van der Waals surface area contributed by atoms with Crippen LogP contribution in [0, 0.1) is 5.92 Å². The summed E-state index contributed by atoms with van der Waals surface area (Å²) in [5, 5.41) is 4.23. The van der Waals surface area contributed by atoms with Crippen LogP contribution in [-0.2, 0) is 4.79 Å². The summed E-state index contributed by atoms with van der Waals surface area (Å²) in [6.07, 6.45) is 3.00. The molecular formula is C12H15NOS. The van der Waals surface area contributed by atoms with Crippen molar-refractivity contribution in [3.63, 3.8) is 0 Å². The molecule has 15 heavy (non-hydrogen) atoms. The summed E-state index contributed by atoms with van der Waals surface area (Å²) in [6.45, 7) is 6.46. The van der Waals surface area contributed by atoms with Crippen molar-refractivity contribution in [2.75, 3.05) is 19.6 Å². The first-order valence-electron chi connectivity index (χ1n) is 5.15. The number of carbonyl (C=O) groups excluding carboxylic acids is 1. The standard InChI is InChI=1S/C12H15NOS/c1-2-4-13-6-11(8-14)12(7-13)10-3-5-15-9-10/h2-3,5,8-9,11-12H,1,4,6-7H2/t11-,12-/m0/s1. The third-order valence-corrected chi connectivity index (χ3v) is 3.68. The zero-order valence-electron chi connectivity index (χ0n) is 8.63. The van der Waals surface area contributed by atoms with Crippen LogP contribution in [0.5, 0.6) is 0 Å². The van der Waals surface area contributed by atoms with E-state index in [2.05, 4.69) is 28.3 Å². The number of aldehydes is 1. The van der Waals surface area contributed by atoms with E-state index in [4.69, 9.17) is 0 Å². The molecule has 0 aromatic carbocycles. The first-order valence-corrected chi connectivity index (χ1v) is 6.10. The molecule has 2 heterocycles. The normalized spacial score (nSPS) is 26.7. The second kappa shape index (κ2) is 4.73. The molecule has 0 saturated carbocycles. The summed E-state index contributed by atoms with van der Waals surface area (Å²) >= 11 is 1.70. The van der Waals surface area contributed by atoms with Crippen molar-refractivity contribution < 1.29 is 4.79 Å². The number of likely N-dealkylation sites (tertiary alicyclic amines) is 1. The van der Waals surface area contributed by atoms with Crippen molar-refractivity contribution in [2.45, 2.75) is 5.92 Å². The Hall–Kier alpha value is -0.930. The van der Waals surface area contributed by atoms with Crippen LogP contribution in [0.25, 0.3) is 0 Å². The minimum atomic E-state index is 0.152. The molecule has 0 N–H and O–H groups in total. The Morgan fingerprint density at radius 2 is 2.47 bits per heavy atom. The van der Waals surface area contributed by atoms with Gasteiger partial charge in [-0.05, 0) is 22.4 Å². The van der Waals surface area contributed by atoms with Gasteiger partial charge < -0.3 is 4.79 Å². The van der Waals surface area contributed by atoms with E-state index in [1.807, 2.05) is 6.08 Å². The van der Waals surface area contributed by atoms with Crippen molar-refractivity contribution in [3.8, 4) is 0 Å². The minimum absolute atomic E-state index is 0.152. The number of hydrogen-bond donors (Lipinski definition) is 0. The molecule has 0 radical (unpaired) electrons. The highest BCUT2D eigenvalue weighted by atomic mass is 32.1. The van der Waals surface area contributed by atoms with Crippen LogP contribution in [0.1, 0.15) is 11.5 Å². The minimum Gasteiger partial charge on any atom is -0.303 e. The zero-order chi connectivity index (χ0) is 10.7. The fourth-order valence-corrected chi connectivity index (χ4v) is 2.95. The maximum atomic E-state index is 11.0. The number of thiophene rings is 1. The Morgan fingerprint density at radius 1 is 1.60 bits per heavy atom. The number of rotatable bonds is 4. The molecule has 80 valence electrons. The van der Waals surface area contributed by atoms with Gasteiger partial charge in [0.2, 0.25) is 0 Å². The van der Waals surface area contributed by atoms with E-state index in [1.165, 1.54) is 5.56 Å². The van der Waals surface area contributed by atoms with Gasteiger partial charge in [0.1, 0.15) is 6.29 Å². The highest BCUT2D eigenvalue weighted by molar-refractivity contribution is 7.08. The van der Waals surface area contributed by atoms with Crippen molar-refractivity contribution in [1.82, 2.24) is 4.90 Å². The molecule has 1 aromatic heterocycles. The topological polar surface area (TPSA) is 20.3 Å². The van der Waals surface area contributed by atoms with Crippen molar-refractivity contribution in [2.24, 2.45) is 5.92 Å². The summed E-state index contributed by atoms with van der Waals surface area (Å²) in [5.74, 6) is 0.535. The Morgan fingerprint density at radius 3 is 3.07 bits per heavy atom. The molecule has 1 aliphatic heterocycles. The predicted octanol–water partition coefficient (Wildman–Crippen LogP) is 2.15. The lowest BCUT2D eigenvalue weighted by Gasteiger charge is -2.12. The van der Waals surface area contributed by atoms with E-state index in [9.17, 15) is 4.79 Å². The van der Waals surface area contributed by atoms with Gasteiger partial charge in [-0.15, -0.1) is 6.58 Å². The summed E-state index contributed by atoms with van der Waals surface area (Å²) in [5.41, 5.74) is 1.31. The molecule has 2 rings (SSSR count). The van der Waals surface area contributed by atoms with Gasteiger partial charge in [-0.3, -0.25) is 4.90 Å². The molecular weight excluding hydrogens is 206 g/mol. The molecule has 3 heteroatoms. The monoisotopic (exact) mass is 221 g/mol. The van der Waals surface area contributed by atoms with Crippen LogP contribution in [-0.4, -0.2) is 30.8 Å². The SMILES string of the molecule is C=CCN1C[C@@H](C=O)[C@H](c2ccsc2)C1. The Labute approximate surface area is 94.2 Å². The van der Waals surface area contributed by atoms with Gasteiger partial charge in [0.15, 0.2) is 0 Å². The summed E-state index contributed by atoms with van der Waals surface area (Å²) < 4.78 is 0. The third-order valence-electron chi connectivity index (χ3n) is 2.97.